The summed E-state index contributed by atoms with van der Waals surface area (Å²) < 4.78 is 62.1. The smallest absolute Gasteiger partial charge is 0.356 e. The van der Waals surface area contributed by atoms with Gasteiger partial charge in [0.2, 0.25) is 0 Å². The third-order valence-electron chi connectivity index (χ3n) is 3.95. The molecule has 0 saturated heterocycles. The van der Waals surface area contributed by atoms with Gasteiger partial charge in [0.25, 0.3) is 0 Å². The Hall–Kier alpha value is -1.82. The fourth-order valence-electron chi connectivity index (χ4n) is 2.43. The molecule has 0 radical (unpaired) electrons. The van der Waals surface area contributed by atoms with Crippen molar-refractivity contribution < 1.29 is 21.6 Å². The van der Waals surface area contributed by atoms with Crippen molar-refractivity contribution in [3.8, 4) is 0 Å². The topological polar surface area (TPSA) is 70.6 Å². The van der Waals surface area contributed by atoms with E-state index in [1.165, 1.54) is 12.1 Å². The van der Waals surface area contributed by atoms with Gasteiger partial charge in [0.05, 0.1) is 16.2 Å². The summed E-state index contributed by atoms with van der Waals surface area (Å²) in [5, 5.41) is 5.98. The molecule has 0 amide bonds. The highest BCUT2D eigenvalue weighted by molar-refractivity contribution is 14.0. The van der Waals surface area contributed by atoms with Crippen LogP contribution < -0.4 is 10.6 Å². The minimum Gasteiger partial charge on any atom is -0.356 e. The molecule has 0 aliphatic carbocycles. The van der Waals surface area contributed by atoms with E-state index in [1.807, 2.05) is 0 Å². The van der Waals surface area contributed by atoms with Crippen LogP contribution in [-0.4, -0.2) is 33.7 Å². The van der Waals surface area contributed by atoms with Gasteiger partial charge in [-0.25, -0.2) is 8.42 Å². The molecular weight excluding hydrogens is 518 g/mol. The summed E-state index contributed by atoms with van der Waals surface area (Å²) in [6, 6.07) is 13.1. The van der Waals surface area contributed by atoms with Crippen molar-refractivity contribution >= 4 is 39.8 Å². The molecular formula is C19H23F3IN3O2S. The number of rotatable bonds is 7. The van der Waals surface area contributed by atoms with Crippen LogP contribution in [-0.2, 0) is 22.6 Å². The Morgan fingerprint density at radius 1 is 1.00 bits per heavy atom. The average molecular weight is 541 g/mol. The van der Waals surface area contributed by atoms with Crippen molar-refractivity contribution in [2.24, 2.45) is 4.99 Å². The first-order valence-corrected chi connectivity index (χ1v) is 10.3. The molecule has 0 aliphatic heterocycles. The molecule has 0 aromatic heterocycles. The normalized spacial score (nSPS) is 12.2. The van der Waals surface area contributed by atoms with Gasteiger partial charge in [-0.3, -0.25) is 4.99 Å². The Morgan fingerprint density at radius 3 is 2.17 bits per heavy atom. The van der Waals surface area contributed by atoms with Gasteiger partial charge in [0.1, 0.15) is 0 Å². The Labute approximate surface area is 185 Å². The Morgan fingerprint density at radius 2 is 1.62 bits per heavy atom. The number of nitrogens with zero attached hydrogens (tertiary/aromatic N) is 1. The molecule has 2 rings (SSSR count). The predicted octanol–water partition coefficient (Wildman–Crippen LogP) is 3.85. The third-order valence-corrected chi connectivity index (χ3v) is 5.77. The van der Waals surface area contributed by atoms with Crippen LogP contribution in [0.5, 0.6) is 0 Å². The lowest BCUT2D eigenvalue weighted by Gasteiger charge is -2.13. The first-order valence-electron chi connectivity index (χ1n) is 8.61. The molecule has 2 aromatic rings. The molecule has 0 heterocycles. The Bertz CT molecular complexity index is 887. The first kappa shape index (κ1) is 25.2. The molecule has 0 fully saturated rings. The van der Waals surface area contributed by atoms with Gasteiger partial charge in [0, 0.05) is 20.1 Å². The van der Waals surface area contributed by atoms with E-state index in [2.05, 4.69) is 15.6 Å². The second kappa shape index (κ2) is 11.4. The number of sulfone groups is 1. The predicted molar refractivity (Wildman–Crippen MR) is 118 cm³/mol. The number of aliphatic imine (C=N–C) groups is 1. The summed E-state index contributed by atoms with van der Waals surface area (Å²) in [6.45, 7) is 0.679. The summed E-state index contributed by atoms with van der Waals surface area (Å²) in [5.74, 6) is 0.442. The maximum Gasteiger partial charge on any atom is 0.416 e. The van der Waals surface area contributed by atoms with Crippen molar-refractivity contribution in [1.29, 1.82) is 0 Å². The van der Waals surface area contributed by atoms with E-state index in [0.29, 0.717) is 35.9 Å². The zero-order valence-corrected chi connectivity index (χ0v) is 18.9. The maximum absolute atomic E-state index is 12.6. The molecule has 0 spiro atoms. The van der Waals surface area contributed by atoms with Crippen LogP contribution in [0.1, 0.15) is 17.5 Å². The van der Waals surface area contributed by atoms with Gasteiger partial charge in [0.15, 0.2) is 15.8 Å². The Balaban J connectivity index is 0.00000420. The number of alkyl halides is 3. The van der Waals surface area contributed by atoms with Crippen LogP contribution in [0.4, 0.5) is 13.2 Å². The lowest BCUT2D eigenvalue weighted by atomic mass is 10.1. The highest BCUT2D eigenvalue weighted by atomic mass is 127. The maximum atomic E-state index is 12.6. The van der Waals surface area contributed by atoms with Crippen LogP contribution in [0.25, 0.3) is 0 Å². The number of benzene rings is 2. The number of halogens is 4. The molecule has 5 nitrogen and oxygen atoms in total. The quantitative estimate of drug-likeness (QED) is 0.242. The molecule has 2 N–H and O–H groups in total. The van der Waals surface area contributed by atoms with Gasteiger partial charge in [-0.15, -0.1) is 24.0 Å². The number of hydrogen-bond donors (Lipinski definition) is 2. The highest BCUT2D eigenvalue weighted by Gasteiger charge is 2.29. The van der Waals surface area contributed by atoms with Gasteiger partial charge < -0.3 is 10.6 Å². The number of nitrogens with one attached hydrogen (secondary N) is 2. The first-order chi connectivity index (χ1) is 13.2. The van der Waals surface area contributed by atoms with Gasteiger partial charge >= 0.3 is 6.18 Å². The minimum atomic E-state index is -4.36. The van der Waals surface area contributed by atoms with Crippen LogP contribution >= 0.6 is 24.0 Å². The van der Waals surface area contributed by atoms with E-state index in [9.17, 15) is 21.6 Å². The summed E-state index contributed by atoms with van der Waals surface area (Å²) in [6.07, 6.45) is -3.97. The number of guanidine groups is 1. The van der Waals surface area contributed by atoms with Crippen LogP contribution in [0.2, 0.25) is 0 Å². The molecule has 0 saturated carbocycles. The van der Waals surface area contributed by atoms with Crippen molar-refractivity contribution in [2.75, 3.05) is 19.3 Å². The monoisotopic (exact) mass is 541 g/mol. The minimum absolute atomic E-state index is 0. The summed E-state index contributed by atoms with van der Waals surface area (Å²) in [4.78, 5) is 4.31. The van der Waals surface area contributed by atoms with Crippen LogP contribution in [0, 0.1) is 0 Å². The second-order valence-corrected chi connectivity index (χ2v) is 8.14. The molecule has 29 heavy (non-hydrogen) atoms. The van der Waals surface area contributed by atoms with Crippen molar-refractivity contribution in [3.05, 3.63) is 65.7 Å². The summed E-state index contributed by atoms with van der Waals surface area (Å²) >= 11 is 0. The van der Waals surface area contributed by atoms with Gasteiger partial charge in [-0.1, -0.05) is 30.3 Å². The zero-order valence-electron chi connectivity index (χ0n) is 15.7. The SMILES string of the molecule is CN=C(NCCCS(=O)(=O)c1ccccc1)NCc1ccc(C(F)(F)F)cc1.I. The highest BCUT2D eigenvalue weighted by Crippen LogP contribution is 2.29. The van der Waals surface area contributed by atoms with Crippen molar-refractivity contribution in [3.63, 3.8) is 0 Å². The standard InChI is InChI=1S/C19H22F3N3O2S.HI/c1-23-18(25-14-15-8-10-16(11-9-15)19(20,21)22)24-12-5-13-28(26,27)17-6-3-2-4-7-17;/h2-4,6-11H,5,12-14H2,1H3,(H2,23,24,25);1H. The summed E-state index contributed by atoms with van der Waals surface area (Å²) in [7, 11) is -1.77. The average Bonchev–Trinajstić information content (AvgIpc) is 2.68. The van der Waals surface area contributed by atoms with Gasteiger partial charge in [-0.05, 0) is 36.2 Å². The van der Waals surface area contributed by atoms with Gasteiger partial charge in [-0.2, -0.15) is 13.2 Å². The molecule has 0 unspecified atom stereocenters. The van der Waals surface area contributed by atoms with E-state index >= 15 is 0 Å². The van der Waals surface area contributed by atoms with Crippen LogP contribution in [0.3, 0.4) is 0 Å². The fraction of sp³-hybridized carbons (Fsp3) is 0.316. The molecule has 0 aliphatic rings. The third kappa shape index (κ3) is 8.21. The van der Waals surface area contributed by atoms with E-state index < -0.39 is 21.6 Å². The van der Waals surface area contributed by atoms with E-state index in [4.69, 9.17) is 0 Å². The van der Waals surface area contributed by atoms with E-state index in [0.717, 1.165) is 12.1 Å². The van der Waals surface area contributed by atoms with Crippen molar-refractivity contribution in [2.45, 2.75) is 24.0 Å². The Kier molecular flexibility index (Phi) is 9.90. The molecule has 2 aromatic carbocycles. The summed E-state index contributed by atoms with van der Waals surface area (Å²) in [5.41, 5.74) is -0.0269. The van der Waals surface area contributed by atoms with Crippen LogP contribution in [0.15, 0.2) is 64.5 Å². The molecule has 160 valence electrons. The second-order valence-electron chi connectivity index (χ2n) is 6.03. The molecule has 0 atom stereocenters. The number of hydrogen-bond acceptors (Lipinski definition) is 3. The van der Waals surface area contributed by atoms with E-state index in [-0.39, 0.29) is 29.7 Å². The fourth-order valence-corrected chi connectivity index (χ4v) is 3.76. The lowest BCUT2D eigenvalue weighted by molar-refractivity contribution is -0.137. The zero-order chi connectivity index (χ0) is 20.6. The van der Waals surface area contributed by atoms with E-state index in [1.54, 1.807) is 37.4 Å². The largest absolute Gasteiger partial charge is 0.416 e. The lowest BCUT2D eigenvalue weighted by Crippen LogP contribution is -2.37. The van der Waals surface area contributed by atoms with Crippen molar-refractivity contribution in [1.82, 2.24) is 10.6 Å². The molecule has 10 heteroatoms. The molecule has 0 bridgehead atoms.